The van der Waals surface area contributed by atoms with Crippen molar-refractivity contribution in [1.29, 1.82) is 0 Å². The van der Waals surface area contributed by atoms with Gasteiger partial charge in [0.1, 0.15) is 12.8 Å². The van der Waals surface area contributed by atoms with Gasteiger partial charge < -0.3 is 28.7 Å². The number of unbranched alkanes of at least 4 members (excludes halogenated alkanes) is 5. The molecule has 0 aliphatic rings. The van der Waals surface area contributed by atoms with E-state index in [4.69, 9.17) is 4.74 Å². The Hall–Kier alpha value is -1.10. The van der Waals surface area contributed by atoms with Crippen LogP contribution in [0.25, 0.3) is 11.1 Å². The van der Waals surface area contributed by atoms with Gasteiger partial charge in [-0.05, 0) is 29.7 Å². The number of aryl methyl sites for hydroxylation is 1. The molecule has 0 aliphatic heterocycles. The summed E-state index contributed by atoms with van der Waals surface area (Å²) in [6.07, 6.45) is 11.9. The lowest BCUT2D eigenvalue weighted by Gasteiger charge is -2.07. The highest BCUT2D eigenvalue weighted by molar-refractivity contribution is 5.63. The number of nitrogens with zero attached hydrogens (tertiary/aromatic N) is 1. The molecule has 0 bridgehead atoms. The maximum absolute atomic E-state index is 5.82. The molecule has 2 aromatic rings. The lowest BCUT2D eigenvalue weighted by molar-refractivity contribution is -0.671. The maximum Gasteiger partial charge on any atom is 0.169 e. The number of ether oxygens (including phenoxy) is 1. The summed E-state index contributed by atoms with van der Waals surface area (Å²) < 4.78 is 7.86. The van der Waals surface area contributed by atoms with Gasteiger partial charge in [-0.3, -0.25) is 0 Å². The number of aromatic nitrogens is 1. The third kappa shape index (κ3) is 7.34. The maximum atomic E-state index is 5.82. The minimum atomic E-state index is 0. The van der Waals surface area contributed by atoms with E-state index in [2.05, 4.69) is 55.7 Å². The number of halogens is 1. The van der Waals surface area contributed by atoms with Crippen molar-refractivity contribution in [2.45, 2.75) is 45.4 Å². The first-order valence-corrected chi connectivity index (χ1v) is 8.48. The molecule has 0 saturated carbocycles. The average molecular weight is 425 g/mol. The van der Waals surface area contributed by atoms with Gasteiger partial charge in [-0.15, -0.1) is 0 Å². The monoisotopic (exact) mass is 425 g/mol. The van der Waals surface area contributed by atoms with Gasteiger partial charge in [0.25, 0.3) is 0 Å². The van der Waals surface area contributed by atoms with Crippen LogP contribution in [0.15, 0.2) is 48.8 Å². The third-order valence-electron chi connectivity index (χ3n) is 3.93. The molecule has 2 rings (SSSR count). The smallest absolute Gasteiger partial charge is 0.169 e. The SMILES string of the molecule is CCCCCCCCOc1ccc(-c2cc[n+](C)cc2)cc1.[I-]. The van der Waals surface area contributed by atoms with Crippen LogP contribution < -0.4 is 33.3 Å². The highest BCUT2D eigenvalue weighted by Crippen LogP contribution is 2.21. The molecule has 0 saturated heterocycles. The molecule has 0 radical (unpaired) electrons. The van der Waals surface area contributed by atoms with Crippen LogP contribution in [0.1, 0.15) is 45.4 Å². The van der Waals surface area contributed by atoms with Gasteiger partial charge >= 0.3 is 0 Å². The standard InChI is InChI=1S/C20H28NO.HI/c1-3-4-5-6-7-8-17-22-20-11-9-18(10-12-20)19-13-15-21(2)16-14-19;/h9-16H,3-8,17H2,1-2H3;1H/q+1;/p-1. The Morgan fingerprint density at radius 2 is 1.35 bits per heavy atom. The third-order valence-corrected chi connectivity index (χ3v) is 3.93. The van der Waals surface area contributed by atoms with E-state index in [0.29, 0.717) is 0 Å². The summed E-state index contributed by atoms with van der Waals surface area (Å²) >= 11 is 0. The summed E-state index contributed by atoms with van der Waals surface area (Å²) in [6, 6.07) is 12.7. The van der Waals surface area contributed by atoms with Gasteiger partial charge in [0.15, 0.2) is 12.4 Å². The van der Waals surface area contributed by atoms with E-state index in [9.17, 15) is 0 Å². The molecule has 0 N–H and O–H groups in total. The molecule has 0 fully saturated rings. The molecule has 126 valence electrons. The number of hydrogen-bond donors (Lipinski definition) is 0. The Morgan fingerprint density at radius 3 is 2.00 bits per heavy atom. The molecule has 2 nitrogen and oxygen atoms in total. The van der Waals surface area contributed by atoms with Gasteiger partial charge in [0.05, 0.1) is 6.61 Å². The van der Waals surface area contributed by atoms with Crippen LogP contribution in [-0.2, 0) is 7.05 Å². The normalized spacial score (nSPS) is 10.2. The second-order valence-corrected chi connectivity index (χ2v) is 5.89. The molecule has 1 aromatic carbocycles. The lowest BCUT2D eigenvalue weighted by Crippen LogP contribution is -3.00. The number of pyridine rings is 1. The molecule has 0 unspecified atom stereocenters. The number of hydrogen-bond acceptors (Lipinski definition) is 1. The van der Waals surface area contributed by atoms with Crippen molar-refractivity contribution in [1.82, 2.24) is 0 Å². The van der Waals surface area contributed by atoms with E-state index >= 15 is 0 Å². The number of benzene rings is 1. The minimum Gasteiger partial charge on any atom is -1.00 e. The highest BCUT2D eigenvalue weighted by atomic mass is 127. The van der Waals surface area contributed by atoms with Crippen LogP contribution in [0.2, 0.25) is 0 Å². The minimum absolute atomic E-state index is 0. The predicted molar refractivity (Wildman–Crippen MR) is 91.9 cm³/mol. The molecule has 3 heteroatoms. The largest absolute Gasteiger partial charge is 1.00 e. The summed E-state index contributed by atoms with van der Waals surface area (Å²) in [5, 5.41) is 0. The van der Waals surface area contributed by atoms with E-state index in [-0.39, 0.29) is 24.0 Å². The summed E-state index contributed by atoms with van der Waals surface area (Å²) in [4.78, 5) is 0. The van der Waals surface area contributed by atoms with Crippen LogP contribution in [-0.4, -0.2) is 6.61 Å². The van der Waals surface area contributed by atoms with Gasteiger partial charge in [0.2, 0.25) is 0 Å². The molecule has 1 heterocycles. The van der Waals surface area contributed by atoms with E-state index in [1.54, 1.807) is 0 Å². The second kappa shape index (κ2) is 11.4. The highest BCUT2D eigenvalue weighted by Gasteiger charge is 2.01. The topological polar surface area (TPSA) is 13.1 Å². The molecular weight excluding hydrogens is 397 g/mol. The lowest BCUT2D eigenvalue weighted by atomic mass is 10.1. The first-order chi connectivity index (χ1) is 10.8. The van der Waals surface area contributed by atoms with Crippen LogP contribution in [0.5, 0.6) is 5.75 Å². The first-order valence-electron chi connectivity index (χ1n) is 8.48. The Balaban J connectivity index is 0.00000264. The molecular formula is C20H28INO. The van der Waals surface area contributed by atoms with E-state index < -0.39 is 0 Å². The zero-order valence-electron chi connectivity index (χ0n) is 14.3. The van der Waals surface area contributed by atoms with E-state index in [0.717, 1.165) is 18.8 Å². The van der Waals surface area contributed by atoms with Crippen molar-refractivity contribution in [3.63, 3.8) is 0 Å². The fourth-order valence-electron chi connectivity index (χ4n) is 2.51. The summed E-state index contributed by atoms with van der Waals surface area (Å²) in [7, 11) is 2.03. The fourth-order valence-corrected chi connectivity index (χ4v) is 2.51. The van der Waals surface area contributed by atoms with Crippen molar-refractivity contribution >= 4 is 0 Å². The van der Waals surface area contributed by atoms with Crippen molar-refractivity contribution in [3.05, 3.63) is 48.8 Å². The van der Waals surface area contributed by atoms with Crippen molar-refractivity contribution in [3.8, 4) is 16.9 Å². The quantitative estimate of drug-likeness (QED) is 0.340. The van der Waals surface area contributed by atoms with Crippen molar-refractivity contribution in [2.75, 3.05) is 6.61 Å². The Bertz CT molecular complexity index is 537. The zero-order chi connectivity index (χ0) is 15.6. The summed E-state index contributed by atoms with van der Waals surface area (Å²) in [5.41, 5.74) is 2.47. The summed E-state index contributed by atoms with van der Waals surface area (Å²) in [5.74, 6) is 0.971. The fraction of sp³-hybridized carbons (Fsp3) is 0.450. The summed E-state index contributed by atoms with van der Waals surface area (Å²) in [6.45, 7) is 3.08. The van der Waals surface area contributed by atoms with Crippen molar-refractivity contribution < 1.29 is 33.3 Å². The van der Waals surface area contributed by atoms with Crippen molar-refractivity contribution in [2.24, 2.45) is 7.05 Å². The van der Waals surface area contributed by atoms with Gasteiger partial charge in [-0.25, -0.2) is 4.57 Å². The average Bonchev–Trinajstić information content (AvgIpc) is 2.55. The number of rotatable bonds is 9. The van der Waals surface area contributed by atoms with E-state index in [1.165, 1.54) is 43.2 Å². The molecule has 0 spiro atoms. The Morgan fingerprint density at radius 1 is 0.783 bits per heavy atom. The van der Waals surface area contributed by atoms with Gasteiger partial charge in [-0.2, -0.15) is 0 Å². The second-order valence-electron chi connectivity index (χ2n) is 5.89. The predicted octanol–water partition coefficient (Wildman–Crippen LogP) is 1.92. The Labute approximate surface area is 157 Å². The van der Waals surface area contributed by atoms with Crippen LogP contribution in [0, 0.1) is 0 Å². The first kappa shape index (κ1) is 19.9. The molecule has 0 amide bonds. The van der Waals surface area contributed by atoms with Gasteiger partial charge in [0, 0.05) is 12.1 Å². The zero-order valence-corrected chi connectivity index (χ0v) is 16.5. The molecule has 23 heavy (non-hydrogen) atoms. The Kier molecular flexibility index (Phi) is 9.92. The molecule has 0 atom stereocenters. The van der Waals surface area contributed by atoms with Gasteiger partial charge in [-0.1, -0.05) is 51.2 Å². The molecule has 0 aliphatic carbocycles. The van der Waals surface area contributed by atoms with Crippen LogP contribution >= 0.6 is 0 Å². The molecule has 1 aromatic heterocycles. The van der Waals surface area contributed by atoms with E-state index in [1.807, 2.05) is 11.6 Å². The van der Waals surface area contributed by atoms with Crippen LogP contribution in [0.3, 0.4) is 0 Å². The van der Waals surface area contributed by atoms with Crippen LogP contribution in [0.4, 0.5) is 0 Å².